The molecule has 1 fully saturated rings. The molecule has 0 saturated carbocycles. The predicted molar refractivity (Wildman–Crippen MR) is 97.5 cm³/mol. The Morgan fingerprint density at radius 2 is 1.93 bits per heavy atom. The van der Waals surface area contributed by atoms with Crippen molar-refractivity contribution < 1.29 is 17.5 Å². The summed E-state index contributed by atoms with van der Waals surface area (Å²) in [4.78, 5) is 6.71. The number of likely N-dealkylation sites (N-methyl/N-ethyl adjacent to an activating group) is 1. The summed E-state index contributed by atoms with van der Waals surface area (Å²) in [7, 11) is -0.391. The average molecular weight is 394 g/mol. The quantitative estimate of drug-likeness (QED) is 0.792. The molecule has 0 radical (unpaired) electrons. The zero-order valence-electron chi connectivity index (χ0n) is 15.4. The number of benzene rings is 1. The maximum Gasteiger partial charge on any atom is 0.246 e. The lowest BCUT2D eigenvalue weighted by Gasteiger charge is -2.49. The zero-order chi connectivity index (χ0) is 19.2. The molecule has 0 amide bonds. The highest BCUT2D eigenvalue weighted by atomic mass is 32.2. The van der Waals surface area contributed by atoms with Crippen molar-refractivity contribution in [2.45, 2.75) is 29.8 Å². The highest BCUT2D eigenvalue weighted by Gasteiger charge is 2.47. The van der Waals surface area contributed by atoms with E-state index in [1.54, 1.807) is 6.20 Å². The second-order valence-electron chi connectivity index (χ2n) is 7.10. The molecule has 2 aliphatic heterocycles. The lowest BCUT2D eigenvalue weighted by molar-refractivity contribution is 0.0271. The number of aromatic nitrogens is 2. The van der Waals surface area contributed by atoms with Gasteiger partial charge in [0.25, 0.3) is 0 Å². The number of halogens is 1. The van der Waals surface area contributed by atoms with E-state index in [1.807, 2.05) is 6.20 Å². The van der Waals surface area contributed by atoms with E-state index in [4.69, 9.17) is 4.74 Å². The van der Waals surface area contributed by atoms with Gasteiger partial charge in [0.05, 0.1) is 12.6 Å². The molecule has 0 unspecified atom stereocenters. The first kappa shape index (κ1) is 18.4. The number of ether oxygens (including phenoxy) is 1. The minimum Gasteiger partial charge on any atom is -0.495 e. The van der Waals surface area contributed by atoms with Gasteiger partial charge in [0.1, 0.15) is 22.3 Å². The number of hydrogen-bond donors (Lipinski definition) is 0. The Balaban J connectivity index is 1.63. The number of rotatable bonds is 3. The first-order valence-electron chi connectivity index (χ1n) is 8.95. The first-order chi connectivity index (χ1) is 12.9. The molecule has 2 aromatic rings. The second kappa shape index (κ2) is 6.57. The van der Waals surface area contributed by atoms with Crippen molar-refractivity contribution in [3.8, 4) is 5.75 Å². The summed E-state index contributed by atoms with van der Waals surface area (Å²) in [5.41, 5.74) is -0.264. The van der Waals surface area contributed by atoms with Crippen molar-refractivity contribution in [2.75, 3.05) is 33.8 Å². The molecule has 1 aromatic carbocycles. The van der Waals surface area contributed by atoms with Crippen LogP contribution in [-0.2, 0) is 22.1 Å². The van der Waals surface area contributed by atoms with Crippen molar-refractivity contribution in [1.82, 2.24) is 18.8 Å². The molecule has 9 heteroatoms. The van der Waals surface area contributed by atoms with Crippen LogP contribution in [0.5, 0.6) is 5.75 Å². The highest BCUT2D eigenvalue weighted by molar-refractivity contribution is 7.89. The van der Waals surface area contributed by atoms with Gasteiger partial charge in [0.15, 0.2) is 0 Å². The summed E-state index contributed by atoms with van der Waals surface area (Å²) < 4.78 is 48.6. The number of sulfonamides is 1. The number of fused-ring (bicyclic) bond motifs is 2. The van der Waals surface area contributed by atoms with Crippen LogP contribution in [0.1, 0.15) is 18.7 Å². The monoisotopic (exact) mass is 394 g/mol. The van der Waals surface area contributed by atoms with Crippen LogP contribution in [0.3, 0.4) is 0 Å². The van der Waals surface area contributed by atoms with Crippen LogP contribution in [0.4, 0.5) is 4.39 Å². The van der Waals surface area contributed by atoms with Crippen LogP contribution in [0.25, 0.3) is 0 Å². The van der Waals surface area contributed by atoms with Crippen LogP contribution in [0.15, 0.2) is 35.5 Å². The molecule has 1 saturated heterocycles. The molecule has 3 heterocycles. The summed E-state index contributed by atoms with van der Waals surface area (Å²) in [5.74, 6) is 0.551. The van der Waals surface area contributed by atoms with Crippen LogP contribution in [0, 0.1) is 5.82 Å². The highest BCUT2D eigenvalue weighted by Crippen LogP contribution is 2.41. The fourth-order valence-corrected chi connectivity index (χ4v) is 5.84. The van der Waals surface area contributed by atoms with E-state index in [1.165, 1.54) is 23.5 Å². The van der Waals surface area contributed by atoms with E-state index in [2.05, 4.69) is 21.5 Å². The fourth-order valence-electron chi connectivity index (χ4n) is 4.23. The van der Waals surface area contributed by atoms with Gasteiger partial charge in [0, 0.05) is 38.6 Å². The predicted octanol–water partition coefficient (Wildman–Crippen LogP) is 1.66. The molecule has 0 atom stereocenters. The average Bonchev–Trinajstić information content (AvgIpc) is 3.15. The topological polar surface area (TPSA) is 67.7 Å². The number of piperidine rings is 1. The van der Waals surface area contributed by atoms with Gasteiger partial charge in [-0.1, -0.05) is 0 Å². The molecule has 146 valence electrons. The van der Waals surface area contributed by atoms with Crippen molar-refractivity contribution in [3.63, 3.8) is 0 Å². The molecular formula is C18H23FN4O3S. The SMILES string of the molecule is COc1ccc(F)cc1S(=O)(=O)N1CCC2(CC1)c1nccn1CCN2C. The number of imidazole rings is 1. The van der Waals surface area contributed by atoms with Crippen molar-refractivity contribution in [3.05, 3.63) is 42.2 Å². The molecule has 27 heavy (non-hydrogen) atoms. The van der Waals surface area contributed by atoms with Gasteiger partial charge in [-0.25, -0.2) is 17.8 Å². The normalized spacial score (nSPS) is 20.6. The van der Waals surface area contributed by atoms with Crippen molar-refractivity contribution >= 4 is 10.0 Å². The van der Waals surface area contributed by atoms with Gasteiger partial charge in [0.2, 0.25) is 10.0 Å². The molecule has 2 aliphatic rings. The summed E-state index contributed by atoms with van der Waals surface area (Å²) in [5, 5.41) is 0. The minimum atomic E-state index is -3.84. The molecule has 7 nitrogen and oxygen atoms in total. The van der Waals surface area contributed by atoms with Crippen LogP contribution in [0.2, 0.25) is 0 Å². The molecule has 4 rings (SSSR count). The standard InChI is InChI=1S/C18H23FN4O3S/c1-21-11-12-22-10-7-20-17(22)18(21)5-8-23(9-6-18)27(24,25)16-13-14(19)3-4-15(16)26-2/h3-4,7,10,13H,5-6,8-9,11-12H2,1-2H3. The summed E-state index contributed by atoms with van der Waals surface area (Å²) in [6, 6.07) is 3.57. The second-order valence-corrected chi connectivity index (χ2v) is 9.00. The Morgan fingerprint density at radius 3 is 2.63 bits per heavy atom. The van der Waals surface area contributed by atoms with E-state index in [9.17, 15) is 12.8 Å². The third-order valence-electron chi connectivity index (χ3n) is 5.83. The maximum atomic E-state index is 13.7. The Hall–Kier alpha value is -1.97. The lowest BCUT2D eigenvalue weighted by atomic mass is 9.84. The third kappa shape index (κ3) is 2.84. The fraction of sp³-hybridized carbons (Fsp3) is 0.500. The molecule has 1 spiro atoms. The minimum absolute atomic E-state index is 0.126. The molecule has 1 aromatic heterocycles. The van der Waals surface area contributed by atoms with E-state index in [0.29, 0.717) is 25.9 Å². The number of hydrogen-bond acceptors (Lipinski definition) is 5. The Bertz CT molecular complexity index is 951. The number of methoxy groups -OCH3 is 1. The van der Waals surface area contributed by atoms with Crippen LogP contribution >= 0.6 is 0 Å². The zero-order valence-corrected chi connectivity index (χ0v) is 16.2. The molecular weight excluding hydrogens is 371 g/mol. The first-order valence-corrected chi connectivity index (χ1v) is 10.4. The smallest absolute Gasteiger partial charge is 0.246 e. The molecule has 0 bridgehead atoms. The summed E-state index contributed by atoms with van der Waals surface area (Å²) in [6.07, 6.45) is 5.05. The van der Waals surface area contributed by atoms with Gasteiger partial charge >= 0.3 is 0 Å². The van der Waals surface area contributed by atoms with Crippen molar-refractivity contribution in [2.24, 2.45) is 0 Å². The summed E-state index contributed by atoms with van der Waals surface area (Å²) in [6.45, 7) is 2.47. The van der Waals surface area contributed by atoms with E-state index < -0.39 is 15.8 Å². The Labute approximate surface area is 158 Å². The Morgan fingerprint density at radius 1 is 1.19 bits per heavy atom. The van der Waals surface area contributed by atoms with Gasteiger partial charge < -0.3 is 9.30 Å². The van der Waals surface area contributed by atoms with Gasteiger partial charge in [-0.2, -0.15) is 4.31 Å². The largest absolute Gasteiger partial charge is 0.495 e. The van der Waals surface area contributed by atoms with Crippen LogP contribution < -0.4 is 4.74 Å². The van der Waals surface area contributed by atoms with Crippen LogP contribution in [-0.4, -0.2) is 61.0 Å². The molecule has 0 N–H and O–H groups in total. The molecule has 0 aliphatic carbocycles. The van der Waals surface area contributed by atoms with E-state index in [0.717, 1.165) is 25.0 Å². The lowest BCUT2D eigenvalue weighted by Crippen LogP contribution is -2.56. The summed E-state index contributed by atoms with van der Waals surface area (Å²) >= 11 is 0. The van der Waals surface area contributed by atoms with Gasteiger partial charge in [-0.05, 0) is 38.1 Å². The maximum absolute atomic E-state index is 13.7. The van der Waals surface area contributed by atoms with Gasteiger partial charge in [-0.15, -0.1) is 0 Å². The van der Waals surface area contributed by atoms with E-state index in [-0.39, 0.29) is 16.2 Å². The van der Waals surface area contributed by atoms with Gasteiger partial charge in [-0.3, -0.25) is 4.90 Å². The number of nitrogens with zero attached hydrogens (tertiary/aromatic N) is 4. The van der Waals surface area contributed by atoms with Crippen molar-refractivity contribution in [1.29, 1.82) is 0 Å². The van der Waals surface area contributed by atoms with E-state index >= 15 is 0 Å². The third-order valence-corrected chi connectivity index (χ3v) is 7.75. The Kier molecular flexibility index (Phi) is 4.48.